The molecule has 6 unspecified atom stereocenters. The molecule has 2 aliphatic carbocycles. The molecular formula is C20H27O2P. The van der Waals surface area contributed by atoms with Crippen LogP contribution in [-0.2, 0) is 9.47 Å². The Balaban J connectivity index is 1.27. The lowest BCUT2D eigenvalue weighted by Gasteiger charge is -2.29. The summed E-state index contributed by atoms with van der Waals surface area (Å²) in [5.74, 6) is 1.80. The van der Waals surface area contributed by atoms with E-state index in [1.807, 2.05) is 0 Å². The van der Waals surface area contributed by atoms with E-state index in [9.17, 15) is 0 Å². The predicted molar refractivity (Wildman–Crippen MR) is 94.7 cm³/mol. The number of fused-ring (bicyclic) bond motifs is 2. The van der Waals surface area contributed by atoms with Gasteiger partial charge in [0.1, 0.15) is 0 Å². The molecule has 0 N–H and O–H groups in total. The van der Waals surface area contributed by atoms with Crippen LogP contribution in [0.15, 0.2) is 30.3 Å². The van der Waals surface area contributed by atoms with E-state index in [0.717, 1.165) is 11.8 Å². The highest BCUT2D eigenvalue weighted by Gasteiger charge is 2.46. The molecule has 2 saturated carbocycles. The van der Waals surface area contributed by atoms with Crippen LogP contribution in [0.5, 0.6) is 0 Å². The van der Waals surface area contributed by atoms with Gasteiger partial charge in [0.15, 0.2) is 0 Å². The highest BCUT2D eigenvalue weighted by molar-refractivity contribution is 7.65. The Morgan fingerprint density at radius 2 is 1.30 bits per heavy atom. The van der Waals surface area contributed by atoms with E-state index >= 15 is 0 Å². The van der Waals surface area contributed by atoms with E-state index in [1.54, 1.807) is 5.30 Å². The average Bonchev–Trinajstić information content (AvgIpc) is 3.48. The lowest BCUT2D eigenvalue weighted by atomic mass is 9.91. The van der Waals surface area contributed by atoms with Gasteiger partial charge in [-0.25, -0.2) is 0 Å². The van der Waals surface area contributed by atoms with E-state index in [4.69, 9.17) is 9.47 Å². The van der Waals surface area contributed by atoms with Gasteiger partial charge in [0.2, 0.25) is 0 Å². The summed E-state index contributed by atoms with van der Waals surface area (Å²) in [6.07, 6.45) is 13.4. The van der Waals surface area contributed by atoms with Gasteiger partial charge >= 0.3 is 0 Å². The molecule has 1 aromatic rings. The van der Waals surface area contributed by atoms with E-state index in [-0.39, 0.29) is 7.92 Å². The Hall–Kier alpha value is -0.430. The largest absolute Gasteiger partial charge is 0.370 e. The quantitative estimate of drug-likeness (QED) is 0.604. The van der Waals surface area contributed by atoms with Crippen molar-refractivity contribution in [2.75, 3.05) is 12.3 Å². The van der Waals surface area contributed by atoms with Crippen molar-refractivity contribution in [1.29, 1.82) is 0 Å². The summed E-state index contributed by atoms with van der Waals surface area (Å²) < 4.78 is 11.5. The van der Waals surface area contributed by atoms with Crippen molar-refractivity contribution in [2.45, 2.75) is 62.9 Å². The van der Waals surface area contributed by atoms with Crippen LogP contribution in [0.3, 0.4) is 0 Å². The Bertz CT molecular complexity index is 518. The van der Waals surface area contributed by atoms with E-state index in [2.05, 4.69) is 30.3 Å². The highest BCUT2D eigenvalue weighted by Crippen LogP contribution is 2.49. The molecule has 2 saturated heterocycles. The molecule has 124 valence electrons. The second-order valence-electron chi connectivity index (χ2n) is 8.02. The third kappa shape index (κ3) is 3.36. The van der Waals surface area contributed by atoms with Crippen LogP contribution in [0, 0.1) is 11.8 Å². The first-order valence-electron chi connectivity index (χ1n) is 9.46. The normalized spacial score (nSPS) is 42.4. The molecule has 5 rings (SSSR count). The summed E-state index contributed by atoms with van der Waals surface area (Å²) in [6.45, 7) is 0. The van der Waals surface area contributed by atoms with Crippen LogP contribution in [0.1, 0.15) is 38.5 Å². The lowest BCUT2D eigenvalue weighted by Crippen LogP contribution is -2.23. The van der Waals surface area contributed by atoms with Crippen LogP contribution >= 0.6 is 7.92 Å². The zero-order valence-electron chi connectivity index (χ0n) is 13.8. The van der Waals surface area contributed by atoms with Crippen molar-refractivity contribution in [3.05, 3.63) is 30.3 Å². The summed E-state index contributed by atoms with van der Waals surface area (Å²) in [7, 11) is -0.0137. The number of hydrogen-bond acceptors (Lipinski definition) is 2. The van der Waals surface area contributed by atoms with Gasteiger partial charge in [-0.2, -0.15) is 0 Å². The zero-order chi connectivity index (χ0) is 15.2. The number of ether oxygens (including phenoxy) is 2. The third-order valence-corrected chi connectivity index (χ3v) is 9.25. The molecule has 2 heterocycles. The van der Waals surface area contributed by atoms with Gasteiger partial charge < -0.3 is 9.47 Å². The lowest BCUT2D eigenvalue weighted by molar-refractivity contribution is 0.367. The monoisotopic (exact) mass is 330 g/mol. The molecule has 0 aromatic heterocycles. The van der Waals surface area contributed by atoms with Crippen molar-refractivity contribution in [3.8, 4) is 0 Å². The fourth-order valence-corrected chi connectivity index (χ4v) is 7.93. The molecule has 1 aromatic carbocycles. The molecule has 4 fully saturated rings. The first-order valence-corrected chi connectivity index (χ1v) is 11.2. The molecule has 2 nitrogen and oxygen atoms in total. The molecule has 2 aliphatic heterocycles. The van der Waals surface area contributed by atoms with Crippen molar-refractivity contribution < 1.29 is 9.47 Å². The predicted octanol–water partition coefficient (Wildman–Crippen LogP) is 3.93. The van der Waals surface area contributed by atoms with Gasteiger partial charge in [0.05, 0.1) is 24.4 Å². The Kier molecular flexibility index (Phi) is 3.97. The molecule has 23 heavy (non-hydrogen) atoms. The van der Waals surface area contributed by atoms with E-state index in [1.165, 1.54) is 50.8 Å². The summed E-state index contributed by atoms with van der Waals surface area (Å²) in [6, 6.07) is 11.4. The fourth-order valence-electron chi connectivity index (χ4n) is 4.85. The summed E-state index contributed by atoms with van der Waals surface area (Å²) in [5.41, 5.74) is 0. The Morgan fingerprint density at radius 1 is 0.739 bits per heavy atom. The van der Waals surface area contributed by atoms with Gasteiger partial charge in [-0.15, -0.1) is 0 Å². The molecule has 0 bridgehead atoms. The van der Waals surface area contributed by atoms with Crippen molar-refractivity contribution >= 4 is 13.2 Å². The van der Waals surface area contributed by atoms with Crippen molar-refractivity contribution in [2.24, 2.45) is 11.8 Å². The van der Waals surface area contributed by atoms with Gasteiger partial charge in [-0.1, -0.05) is 38.3 Å². The highest BCUT2D eigenvalue weighted by atomic mass is 31.1. The van der Waals surface area contributed by atoms with Gasteiger partial charge in [0.25, 0.3) is 0 Å². The number of epoxide rings is 2. The first kappa shape index (κ1) is 14.9. The fraction of sp³-hybridized carbons (Fsp3) is 0.700. The van der Waals surface area contributed by atoms with E-state index in [0.29, 0.717) is 24.4 Å². The van der Waals surface area contributed by atoms with Crippen molar-refractivity contribution in [1.82, 2.24) is 0 Å². The zero-order valence-corrected chi connectivity index (χ0v) is 14.7. The van der Waals surface area contributed by atoms with Crippen LogP contribution < -0.4 is 5.30 Å². The maximum Gasteiger partial charge on any atom is 0.0844 e. The molecule has 0 amide bonds. The number of hydrogen-bond donors (Lipinski definition) is 0. The molecule has 3 heteroatoms. The Labute approximate surface area is 140 Å². The van der Waals surface area contributed by atoms with Crippen LogP contribution in [0.2, 0.25) is 0 Å². The minimum absolute atomic E-state index is 0.0137. The van der Waals surface area contributed by atoms with Crippen LogP contribution in [-0.4, -0.2) is 36.7 Å². The third-order valence-electron chi connectivity index (χ3n) is 6.30. The van der Waals surface area contributed by atoms with Gasteiger partial charge in [0, 0.05) is 0 Å². The maximum atomic E-state index is 5.76. The Morgan fingerprint density at radius 3 is 1.83 bits per heavy atom. The van der Waals surface area contributed by atoms with E-state index < -0.39 is 0 Å². The number of rotatable bonds is 5. The average molecular weight is 330 g/mol. The topological polar surface area (TPSA) is 25.1 Å². The summed E-state index contributed by atoms with van der Waals surface area (Å²) in [4.78, 5) is 0. The molecule has 0 spiro atoms. The van der Waals surface area contributed by atoms with Crippen LogP contribution in [0.25, 0.3) is 0 Å². The maximum absolute atomic E-state index is 5.76. The second-order valence-corrected chi connectivity index (χ2v) is 10.4. The summed E-state index contributed by atoms with van der Waals surface area (Å²) in [5, 5.41) is 1.63. The summed E-state index contributed by atoms with van der Waals surface area (Å²) >= 11 is 0. The van der Waals surface area contributed by atoms with Gasteiger partial charge in [-0.3, -0.25) is 0 Å². The minimum atomic E-state index is -0.0137. The van der Waals surface area contributed by atoms with Gasteiger partial charge in [-0.05, 0) is 68.0 Å². The number of benzene rings is 1. The molecular weight excluding hydrogens is 303 g/mol. The second kappa shape index (κ2) is 6.14. The SMILES string of the molecule is c1ccc(P(CC2CCC3OC3C2)CC2CCC3OC3C2)cc1. The minimum Gasteiger partial charge on any atom is -0.370 e. The molecule has 0 radical (unpaired) electrons. The first-order chi connectivity index (χ1) is 11.3. The molecule has 6 atom stereocenters. The smallest absolute Gasteiger partial charge is 0.0844 e. The van der Waals surface area contributed by atoms with Crippen LogP contribution in [0.4, 0.5) is 0 Å². The molecule has 4 aliphatic rings. The van der Waals surface area contributed by atoms with Crippen molar-refractivity contribution in [3.63, 3.8) is 0 Å². The standard InChI is InChI=1S/C20H27O2P/c1-2-4-16(5-3-1)23(12-14-6-8-17-19(10-14)21-17)13-15-7-9-18-20(11-15)22-18/h1-5,14-15,17-20H,6-13H2.